The predicted molar refractivity (Wildman–Crippen MR) is 87.1 cm³/mol. The molecule has 1 aromatic heterocycles. The lowest BCUT2D eigenvalue weighted by Crippen LogP contribution is -2.17. The van der Waals surface area contributed by atoms with Gasteiger partial charge in [-0.3, -0.25) is 4.68 Å². The maximum Gasteiger partial charge on any atom is 0.0624 e. The molecule has 2 N–H and O–H groups in total. The maximum absolute atomic E-state index is 6.37. The minimum absolute atomic E-state index is 0.0203. The molecule has 3 nitrogen and oxygen atoms in total. The summed E-state index contributed by atoms with van der Waals surface area (Å²) in [5, 5.41) is 4.48. The van der Waals surface area contributed by atoms with Crippen molar-refractivity contribution in [2.24, 2.45) is 12.8 Å². The van der Waals surface area contributed by atoms with Gasteiger partial charge in [0.05, 0.1) is 5.69 Å². The second-order valence-electron chi connectivity index (χ2n) is 4.89. The molecule has 2 rings (SSSR count). The Labute approximate surface area is 128 Å². The molecule has 0 bridgehead atoms. The molecule has 0 amide bonds. The van der Waals surface area contributed by atoms with Crippen LogP contribution in [0.25, 0.3) is 0 Å². The molecule has 0 fully saturated rings. The van der Waals surface area contributed by atoms with Gasteiger partial charge in [-0.25, -0.2) is 0 Å². The van der Waals surface area contributed by atoms with Gasteiger partial charge in [-0.2, -0.15) is 5.10 Å². The summed E-state index contributed by atoms with van der Waals surface area (Å²) in [5.74, 6) is 0. The Kier molecular flexibility index (Phi) is 4.62. The number of nitrogens with zero attached hydrogens (tertiary/aromatic N) is 2. The van der Waals surface area contributed by atoms with Crippen molar-refractivity contribution in [3.05, 3.63) is 50.4 Å². The first kappa shape index (κ1) is 14.5. The molecule has 2 aromatic rings. The quantitative estimate of drug-likeness (QED) is 0.842. The van der Waals surface area contributed by atoms with Gasteiger partial charge in [0.25, 0.3) is 0 Å². The van der Waals surface area contributed by atoms with Crippen molar-refractivity contribution in [2.45, 2.75) is 32.7 Å². The van der Waals surface area contributed by atoms with Crippen LogP contribution in [0.15, 0.2) is 24.3 Å². The Morgan fingerprint density at radius 2 is 2.16 bits per heavy atom. The van der Waals surface area contributed by atoms with Crippen LogP contribution in [0.5, 0.6) is 0 Å². The van der Waals surface area contributed by atoms with Crippen LogP contribution in [0, 0.1) is 10.5 Å². The van der Waals surface area contributed by atoms with E-state index in [1.807, 2.05) is 11.7 Å². The van der Waals surface area contributed by atoms with E-state index >= 15 is 0 Å². The summed E-state index contributed by atoms with van der Waals surface area (Å²) in [7, 11) is 1.99. The molecule has 0 radical (unpaired) electrons. The number of rotatable bonds is 4. The van der Waals surface area contributed by atoms with Gasteiger partial charge in [-0.05, 0) is 53.1 Å². The van der Waals surface area contributed by atoms with Crippen molar-refractivity contribution < 1.29 is 0 Å². The lowest BCUT2D eigenvalue weighted by atomic mass is 10.0. The average Bonchev–Trinajstić information content (AvgIpc) is 2.73. The monoisotopic (exact) mass is 369 g/mol. The molecule has 1 aromatic carbocycles. The fourth-order valence-electron chi connectivity index (χ4n) is 2.23. The maximum atomic E-state index is 6.37. The summed E-state index contributed by atoms with van der Waals surface area (Å²) in [6.45, 7) is 4.24. The highest BCUT2D eigenvalue weighted by Gasteiger charge is 2.14. The highest BCUT2D eigenvalue weighted by molar-refractivity contribution is 14.1. The van der Waals surface area contributed by atoms with Crippen LogP contribution in [0.4, 0.5) is 0 Å². The lowest BCUT2D eigenvalue weighted by molar-refractivity contribution is 0.636. The highest BCUT2D eigenvalue weighted by Crippen LogP contribution is 2.24. The van der Waals surface area contributed by atoms with Crippen molar-refractivity contribution in [3.8, 4) is 0 Å². The second-order valence-corrected chi connectivity index (χ2v) is 5.97. The number of hydrogen-bond acceptors (Lipinski definition) is 2. The van der Waals surface area contributed by atoms with Gasteiger partial charge < -0.3 is 5.73 Å². The summed E-state index contributed by atoms with van der Waals surface area (Å²) in [4.78, 5) is 0. The summed E-state index contributed by atoms with van der Waals surface area (Å²) in [6, 6.07) is 8.50. The molecule has 0 saturated heterocycles. The van der Waals surface area contributed by atoms with Gasteiger partial charge in [0.15, 0.2) is 0 Å². The third-order valence-corrected chi connectivity index (χ3v) is 4.91. The number of benzene rings is 1. The smallest absolute Gasteiger partial charge is 0.0624 e. The number of hydrogen-bond donors (Lipinski definition) is 1. The van der Waals surface area contributed by atoms with E-state index in [0.29, 0.717) is 0 Å². The number of halogens is 1. The van der Waals surface area contributed by atoms with E-state index in [1.54, 1.807) is 0 Å². The van der Waals surface area contributed by atoms with Crippen molar-refractivity contribution in [2.75, 3.05) is 0 Å². The molecule has 1 heterocycles. The molecule has 1 unspecified atom stereocenters. The van der Waals surface area contributed by atoms with Gasteiger partial charge in [0.1, 0.15) is 0 Å². The molecule has 0 saturated carbocycles. The minimum Gasteiger partial charge on any atom is -0.324 e. The molecule has 0 aliphatic heterocycles. The largest absolute Gasteiger partial charge is 0.324 e. The number of aryl methyl sites for hydroxylation is 3. The fourth-order valence-corrected chi connectivity index (χ4v) is 2.99. The van der Waals surface area contributed by atoms with E-state index in [9.17, 15) is 0 Å². The van der Waals surface area contributed by atoms with Crippen molar-refractivity contribution in [1.29, 1.82) is 0 Å². The first-order valence-electron chi connectivity index (χ1n) is 6.55. The molecule has 19 heavy (non-hydrogen) atoms. The van der Waals surface area contributed by atoms with E-state index in [0.717, 1.165) is 18.5 Å². The van der Waals surface area contributed by atoms with Gasteiger partial charge in [-0.15, -0.1) is 0 Å². The third-order valence-electron chi connectivity index (χ3n) is 3.44. The topological polar surface area (TPSA) is 43.8 Å². The van der Waals surface area contributed by atoms with E-state index < -0.39 is 0 Å². The third kappa shape index (κ3) is 3.17. The molecule has 0 spiro atoms. The molecule has 0 aliphatic rings. The SMILES string of the molecule is CCc1cc(CC(N)c2cccc(C)c2I)n(C)n1. The Morgan fingerprint density at radius 3 is 2.79 bits per heavy atom. The Hall–Kier alpha value is -0.880. The summed E-state index contributed by atoms with van der Waals surface area (Å²) >= 11 is 2.38. The van der Waals surface area contributed by atoms with Crippen molar-refractivity contribution in [3.63, 3.8) is 0 Å². The molecule has 1 atom stereocenters. The van der Waals surface area contributed by atoms with Crippen LogP contribution in [0.3, 0.4) is 0 Å². The van der Waals surface area contributed by atoms with Crippen LogP contribution in [0.1, 0.15) is 35.5 Å². The first-order chi connectivity index (χ1) is 9.02. The lowest BCUT2D eigenvalue weighted by Gasteiger charge is -2.15. The predicted octanol–water partition coefficient (Wildman–Crippen LogP) is 3.14. The van der Waals surface area contributed by atoms with E-state index in [2.05, 4.69) is 65.8 Å². The second kappa shape index (κ2) is 6.05. The molecular weight excluding hydrogens is 349 g/mol. The molecule has 102 valence electrons. The zero-order chi connectivity index (χ0) is 14.0. The zero-order valence-electron chi connectivity index (χ0n) is 11.7. The Morgan fingerprint density at radius 1 is 1.42 bits per heavy atom. The number of aromatic nitrogens is 2. The van der Waals surface area contributed by atoms with E-state index in [1.165, 1.54) is 20.4 Å². The Balaban J connectivity index is 2.22. The highest BCUT2D eigenvalue weighted by atomic mass is 127. The van der Waals surface area contributed by atoms with Crippen LogP contribution in [0.2, 0.25) is 0 Å². The normalized spacial score (nSPS) is 12.7. The van der Waals surface area contributed by atoms with E-state index in [4.69, 9.17) is 5.73 Å². The molecule has 0 aliphatic carbocycles. The molecular formula is C15H20IN3. The summed E-state index contributed by atoms with van der Waals surface area (Å²) in [6.07, 6.45) is 1.79. The summed E-state index contributed by atoms with van der Waals surface area (Å²) < 4.78 is 3.21. The molecule has 4 heteroatoms. The van der Waals surface area contributed by atoms with Crippen molar-refractivity contribution >= 4 is 22.6 Å². The van der Waals surface area contributed by atoms with E-state index in [-0.39, 0.29) is 6.04 Å². The first-order valence-corrected chi connectivity index (χ1v) is 7.63. The Bertz CT molecular complexity index is 575. The zero-order valence-corrected chi connectivity index (χ0v) is 13.8. The van der Waals surface area contributed by atoms with Gasteiger partial charge in [-0.1, -0.05) is 25.1 Å². The average molecular weight is 369 g/mol. The summed E-state index contributed by atoms with van der Waals surface area (Å²) in [5.41, 5.74) is 11.2. The van der Waals surface area contributed by atoms with Gasteiger partial charge in [0, 0.05) is 28.8 Å². The number of nitrogens with two attached hydrogens (primary N) is 1. The van der Waals surface area contributed by atoms with Gasteiger partial charge in [0.2, 0.25) is 0 Å². The van der Waals surface area contributed by atoms with Crippen LogP contribution >= 0.6 is 22.6 Å². The van der Waals surface area contributed by atoms with Crippen LogP contribution in [-0.4, -0.2) is 9.78 Å². The van der Waals surface area contributed by atoms with Crippen molar-refractivity contribution in [1.82, 2.24) is 9.78 Å². The minimum atomic E-state index is 0.0203. The van der Waals surface area contributed by atoms with Crippen LogP contribution < -0.4 is 5.73 Å². The van der Waals surface area contributed by atoms with Gasteiger partial charge >= 0.3 is 0 Å². The standard InChI is InChI=1S/C15H20IN3/c1-4-11-8-12(19(3)18-11)9-14(17)13-7-5-6-10(2)15(13)16/h5-8,14H,4,9,17H2,1-3H3. The fraction of sp³-hybridized carbons (Fsp3) is 0.400. The van der Waals surface area contributed by atoms with Crippen LogP contribution in [-0.2, 0) is 19.9 Å².